The summed E-state index contributed by atoms with van der Waals surface area (Å²) in [6.45, 7) is 4.49. The van der Waals surface area contributed by atoms with Crippen molar-refractivity contribution < 1.29 is 0 Å². The molecular weight excluding hydrogens is 326 g/mol. The van der Waals surface area contributed by atoms with Gasteiger partial charge in [0.1, 0.15) is 5.69 Å². The van der Waals surface area contributed by atoms with E-state index in [0.717, 1.165) is 48.7 Å². The highest BCUT2D eigenvalue weighted by molar-refractivity contribution is 5.49. The van der Waals surface area contributed by atoms with Crippen LogP contribution in [-0.4, -0.2) is 37.9 Å². The highest BCUT2D eigenvalue weighted by Gasteiger charge is 2.19. The summed E-state index contributed by atoms with van der Waals surface area (Å²) >= 11 is 0. The zero-order valence-electron chi connectivity index (χ0n) is 14.8. The first-order valence-corrected chi connectivity index (χ1v) is 8.87. The number of aromatic nitrogens is 4. The Morgan fingerprint density at radius 2 is 1.96 bits per heavy atom. The van der Waals surface area contributed by atoms with Crippen LogP contribution in [0, 0.1) is 6.92 Å². The van der Waals surface area contributed by atoms with Gasteiger partial charge in [-0.3, -0.25) is 19.7 Å². The van der Waals surface area contributed by atoms with Crippen molar-refractivity contribution in [2.45, 2.75) is 26.3 Å². The molecule has 132 valence electrons. The predicted octanol–water partition coefficient (Wildman–Crippen LogP) is 2.14. The highest BCUT2D eigenvalue weighted by Crippen LogP contribution is 2.16. The largest absolute Gasteiger partial charge is 0.305 e. The van der Waals surface area contributed by atoms with Crippen LogP contribution in [0.2, 0.25) is 0 Å². The van der Waals surface area contributed by atoms with E-state index in [1.807, 2.05) is 37.3 Å². The first kappa shape index (κ1) is 16.6. The van der Waals surface area contributed by atoms with Gasteiger partial charge in [-0.25, -0.2) is 4.98 Å². The van der Waals surface area contributed by atoms with Crippen LogP contribution in [0.25, 0.3) is 11.5 Å². The van der Waals surface area contributed by atoms with Gasteiger partial charge in [0, 0.05) is 43.5 Å². The van der Waals surface area contributed by atoms with Gasteiger partial charge in [-0.15, -0.1) is 0 Å². The van der Waals surface area contributed by atoms with Gasteiger partial charge in [0.25, 0.3) is 5.56 Å². The molecule has 4 rings (SSSR count). The lowest BCUT2D eigenvalue weighted by atomic mass is 10.1. The maximum Gasteiger partial charge on any atom is 0.254 e. The second-order valence-corrected chi connectivity index (χ2v) is 6.60. The van der Waals surface area contributed by atoms with E-state index < -0.39 is 0 Å². The molecule has 0 radical (unpaired) electrons. The molecule has 0 aliphatic carbocycles. The molecule has 26 heavy (non-hydrogen) atoms. The van der Waals surface area contributed by atoms with E-state index in [0.29, 0.717) is 17.9 Å². The molecule has 0 fully saturated rings. The molecule has 0 saturated heterocycles. The number of H-pyrrole nitrogens is 1. The Hall–Kier alpha value is -2.86. The minimum atomic E-state index is -0.0498. The number of aromatic amines is 1. The second kappa shape index (κ2) is 7.17. The molecule has 3 aromatic heterocycles. The molecule has 0 bridgehead atoms. The molecule has 0 unspecified atom stereocenters. The van der Waals surface area contributed by atoms with E-state index in [1.54, 1.807) is 6.20 Å². The fourth-order valence-electron chi connectivity index (χ4n) is 3.35. The van der Waals surface area contributed by atoms with Gasteiger partial charge in [-0.1, -0.05) is 12.1 Å². The van der Waals surface area contributed by atoms with E-state index in [-0.39, 0.29) is 5.56 Å². The Morgan fingerprint density at radius 3 is 2.77 bits per heavy atom. The molecule has 4 heterocycles. The third-order valence-electron chi connectivity index (χ3n) is 4.68. The minimum absolute atomic E-state index is 0.0498. The van der Waals surface area contributed by atoms with Gasteiger partial charge in [0.15, 0.2) is 5.82 Å². The van der Waals surface area contributed by atoms with Crippen molar-refractivity contribution in [2.75, 3.05) is 13.1 Å². The van der Waals surface area contributed by atoms with E-state index >= 15 is 0 Å². The van der Waals surface area contributed by atoms with Crippen LogP contribution in [0.3, 0.4) is 0 Å². The zero-order valence-corrected chi connectivity index (χ0v) is 14.8. The number of rotatable bonds is 3. The Kier molecular flexibility index (Phi) is 4.58. The number of hydrogen-bond donors (Lipinski definition) is 1. The van der Waals surface area contributed by atoms with Gasteiger partial charge in [0.2, 0.25) is 0 Å². The number of aryl methyl sites for hydroxylation is 1. The summed E-state index contributed by atoms with van der Waals surface area (Å²) in [6, 6.07) is 11.7. The van der Waals surface area contributed by atoms with Crippen LogP contribution in [0.4, 0.5) is 0 Å². The molecule has 0 saturated carbocycles. The molecule has 6 heteroatoms. The molecular formula is C20H21N5O. The summed E-state index contributed by atoms with van der Waals surface area (Å²) in [5, 5.41) is 0. The molecule has 0 atom stereocenters. The van der Waals surface area contributed by atoms with Gasteiger partial charge < -0.3 is 4.98 Å². The molecule has 0 spiro atoms. The quantitative estimate of drug-likeness (QED) is 0.786. The summed E-state index contributed by atoms with van der Waals surface area (Å²) < 4.78 is 0. The van der Waals surface area contributed by atoms with Crippen LogP contribution in [0.15, 0.2) is 47.4 Å². The van der Waals surface area contributed by atoms with Crippen LogP contribution >= 0.6 is 0 Å². The molecule has 0 aromatic carbocycles. The zero-order chi connectivity index (χ0) is 17.9. The summed E-state index contributed by atoms with van der Waals surface area (Å²) in [4.78, 5) is 31.4. The lowest BCUT2D eigenvalue weighted by Gasteiger charge is -2.19. The Labute approximate surface area is 152 Å². The number of nitrogens with zero attached hydrogens (tertiary/aromatic N) is 4. The minimum Gasteiger partial charge on any atom is -0.305 e. The Bertz CT molecular complexity index is 967. The van der Waals surface area contributed by atoms with Crippen LogP contribution in [0.5, 0.6) is 0 Å². The van der Waals surface area contributed by atoms with Crippen LogP contribution in [0.1, 0.15) is 22.6 Å². The molecule has 6 nitrogen and oxygen atoms in total. The highest BCUT2D eigenvalue weighted by atomic mass is 16.1. The second-order valence-electron chi connectivity index (χ2n) is 6.60. The predicted molar refractivity (Wildman–Crippen MR) is 99.7 cm³/mol. The third-order valence-corrected chi connectivity index (χ3v) is 4.68. The fraction of sp³-hybridized carbons (Fsp3) is 0.300. The maximum atomic E-state index is 12.6. The van der Waals surface area contributed by atoms with Crippen LogP contribution < -0.4 is 5.56 Å². The summed E-state index contributed by atoms with van der Waals surface area (Å²) in [7, 11) is 0. The lowest BCUT2D eigenvalue weighted by molar-refractivity contribution is 0.275. The van der Waals surface area contributed by atoms with Crippen LogP contribution in [-0.2, 0) is 19.4 Å². The number of fused-ring (bicyclic) bond motifs is 1. The Morgan fingerprint density at radius 1 is 1.08 bits per heavy atom. The van der Waals surface area contributed by atoms with E-state index in [2.05, 4.69) is 25.9 Å². The summed E-state index contributed by atoms with van der Waals surface area (Å²) in [6.07, 6.45) is 3.16. The van der Waals surface area contributed by atoms with Crippen molar-refractivity contribution in [2.24, 2.45) is 0 Å². The third kappa shape index (κ3) is 3.55. The summed E-state index contributed by atoms with van der Waals surface area (Å²) in [5.74, 6) is 0.545. The van der Waals surface area contributed by atoms with Crippen molar-refractivity contribution in [3.8, 4) is 11.5 Å². The van der Waals surface area contributed by atoms with Crippen molar-refractivity contribution >= 4 is 0 Å². The van der Waals surface area contributed by atoms with Gasteiger partial charge in [-0.2, -0.15) is 0 Å². The lowest BCUT2D eigenvalue weighted by Crippen LogP contribution is -2.26. The Balaban J connectivity index is 1.56. The number of nitrogens with one attached hydrogen (secondary N) is 1. The van der Waals surface area contributed by atoms with Gasteiger partial charge >= 0.3 is 0 Å². The van der Waals surface area contributed by atoms with Crippen molar-refractivity contribution in [1.29, 1.82) is 0 Å². The fourth-order valence-corrected chi connectivity index (χ4v) is 3.35. The monoisotopic (exact) mass is 347 g/mol. The average Bonchev–Trinajstić information content (AvgIpc) is 2.85. The van der Waals surface area contributed by atoms with E-state index in [1.165, 1.54) is 0 Å². The maximum absolute atomic E-state index is 12.6. The smallest absolute Gasteiger partial charge is 0.254 e. The molecule has 0 amide bonds. The van der Waals surface area contributed by atoms with Crippen molar-refractivity contribution in [3.63, 3.8) is 0 Å². The first-order valence-electron chi connectivity index (χ1n) is 8.87. The SMILES string of the molecule is Cc1cccc(CN2CCc3nc(-c4ccccn4)[nH]c(=O)c3CC2)n1. The van der Waals surface area contributed by atoms with Gasteiger partial charge in [0.05, 0.1) is 11.4 Å². The molecule has 1 aliphatic heterocycles. The van der Waals surface area contributed by atoms with Crippen molar-refractivity contribution in [3.05, 3.63) is 75.6 Å². The first-order chi connectivity index (χ1) is 12.7. The topological polar surface area (TPSA) is 74.8 Å². The molecule has 1 N–H and O–H groups in total. The number of pyridine rings is 2. The van der Waals surface area contributed by atoms with E-state index in [9.17, 15) is 4.79 Å². The standard InChI is InChI=1S/C20H21N5O/c1-14-5-4-6-15(22-14)13-25-11-8-16-17(9-12-25)23-19(24-20(16)26)18-7-2-3-10-21-18/h2-7,10H,8-9,11-13H2,1H3,(H,23,24,26). The molecule has 1 aliphatic rings. The molecule has 3 aromatic rings. The summed E-state index contributed by atoms with van der Waals surface area (Å²) in [5.41, 5.74) is 4.41. The average molecular weight is 347 g/mol. The van der Waals surface area contributed by atoms with Crippen molar-refractivity contribution in [1.82, 2.24) is 24.8 Å². The normalized spacial score (nSPS) is 14.7. The number of hydrogen-bond acceptors (Lipinski definition) is 5. The van der Waals surface area contributed by atoms with E-state index in [4.69, 9.17) is 4.98 Å². The van der Waals surface area contributed by atoms with Gasteiger partial charge in [-0.05, 0) is 37.6 Å².